The SMILES string of the molecule is Cc1cncc(C(=O)N2CCc3onc(COCC4CC4)c3C2)c1.O=C(O)C(F)(F)F. The van der Waals surface area contributed by atoms with E-state index < -0.39 is 12.1 Å². The van der Waals surface area contributed by atoms with Crippen molar-refractivity contribution in [2.45, 2.75) is 45.5 Å². The number of fused-ring (bicyclic) bond motifs is 1. The van der Waals surface area contributed by atoms with Crippen LogP contribution in [-0.2, 0) is 29.1 Å². The number of ether oxygens (including phenoxy) is 1. The van der Waals surface area contributed by atoms with Gasteiger partial charge in [0.1, 0.15) is 11.5 Å². The zero-order valence-electron chi connectivity index (χ0n) is 16.8. The molecule has 31 heavy (non-hydrogen) atoms. The summed E-state index contributed by atoms with van der Waals surface area (Å²) in [6.45, 7) is 4.35. The Kier molecular flexibility index (Phi) is 6.94. The van der Waals surface area contributed by atoms with Crippen LogP contribution in [0, 0.1) is 12.8 Å². The van der Waals surface area contributed by atoms with Crippen LogP contribution >= 0.6 is 0 Å². The van der Waals surface area contributed by atoms with Gasteiger partial charge in [-0.3, -0.25) is 9.78 Å². The van der Waals surface area contributed by atoms with E-state index in [2.05, 4.69) is 10.1 Å². The predicted molar refractivity (Wildman–Crippen MR) is 100.0 cm³/mol. The summed E-state index contributed by atoms with van der Waals surface area (Å²) in [4.78, 5) is 27.6. The maximum Gasteiger partial charge on any atom is 0.490 e. The molecule has 2 aromatic heterocycles. The number of amides is 1. The van der Waals surface area contributed by atoms with Gasteiger partial charge in [-0.2, -0.15) is 13.2 Å². The molecule has 0 bridgehead atoms. The van der Waals surface area contributed by atoms with Crippen LogP contribution in [0.3, 0.4) is 0 Å². The number of pyridine rings is 1. The highest BCUT2D eigenvalue weighted by molar-refractivity contribution is 5.94. The number of nitrogens with zero attached hydrogens (tertiary/aromatic N) is 3. The van der Waals surface area contributed by atoms with Crippen molar-refractivity contribution >= 4 is 11.9 Å². The third-order valence-corrected chi connectivity index (χ3v) is 4.85. The van der Waals surface area contributed by atoms with Gasteiger partial charge in [-0.1, -0.05) is 5.16 Å². The molecule has 2 aromatic rings. The quantitative estimate of drug-likeness (QED) is 0.760. The highest BCUT2D eigenvalue weighted by atomic mass is 19.4. The number of halogens is 3. The minimum Gasteiger partial charge on any atom is -0.475 e. The molecule has 11 heteroatoms. The number of hydrogen-bond donors (Lipinski definition) is 1. The molecule has 1 aliphatic heterocycles. The van der Waals surface area contributed by atoms with Gasteiger partial charge in [-0.25, -0.2) is 4.79 Å². The molecule has 2 aliphatic rings. The lowest BCUT2D eigenvalue weighted by atomic mass is 10.0. The van der Waals surface area contributed by atoms with E-state index in [9.17, 15) is 18.0 Å². The third kappa shape index (κ3) is 6.27. The molecule has 3 heterocycles. The van der Waals surface area contributed by atoms with Gasteiger partial charge in [-0.15, -0.1) is 0 Å². The summed E-state index contributed by atoms with van der Waals surface area (Å²) >= 11 is 0. The molecule has 0 atom stereocenters. The standard InChI is InChI=1S/C18H21N3O3.C2HF3O2/c1-12-6-14(8-19-7-12)18(22)21-5-4-17-15(9-21)16(20-24-17)11-23-10-13-2-3-13;3-2(4,5)1(6)7/h6-8,13H,2-5,9-11H2,1H3;(H,6,7). The van der Waals surface area contributed by atoms with E-state index in [1.807, 2.05) is 17.9 Å². The first-order valence-corrected chi connectivity index (χ1v) is 9.70. The maximum atomic E-state index is 12.7. The fraction of sp³-hybridized carbons (Fsp3) is 0.500. The van der Waals surface area contributed by atoms with Crippen LogP contribution in [0.1, 0.15) is 45.8 Å². The Morgan fingerprint density at radius 1 is 1.32 bits per heavy atom. The number of rotatable bonds is 5. The lowest BCUT2D eigenvalue weighted by Crippen LogP contribution is -2.36. The Bertz CT molecular complexity index is 940. The lowest BCUT2D eigenvalue weighted by Gasteiger charge is -2.26. The molecule has 0 aromatic carbocycles. The summed E-state index contributed by atoms with van der Waals surface area (Å²) in [7, 11) is 0. The van der Waals surface area contributed by atoms with Gasteiger partial charge in [0, 0.05) is 37.5 Å². The average Bonchev–Trinajstić information content (AvgIpc) is 3.46. The van der Waals surface area contributed by atoms with Crippen LogP contribution in [0.15, 0.2) is 23.0 Å². The summed E-state index contributed by atoms with van der Waals surface area (Å²) in [5, 5.41) is 11.3. The topological polar surface area (TPSA) is 106 Å². The van der Waals surface area contributed by atoms with E-state index in [1.165, 1.54) is 12.8 Å². The van der Waals surface area contributed by atoms with Crippen LogP contribution in [0.2, 0.25) is 0 Å². The Morgan fingerprint density at radius 2 is 2.03 bits per heavy atom. The molecule has 1 aliphatic carbocycles. The van der Waals surface area contributed by atoms with E-state index >= 15 is 0 Å². The van der Waals surface area contributed by atoms with Crippen LogP contribution in [-0.4, -0.2) is 51.4 Å². The first-order chi connectivity index (χ1) is 14.6. The first-order valence-electron chi connectivity index (χ1n) is 9.70. The Hall–Kier alpha value is -2.95. The minimum absolute atomic E-state index is 0.00268. The Morgan fingerprint density at radius 3 is 2.65 bits per heavy atom. The average molecular weight is 441 g/mol. The molecule has 8 nitrogen and oxygen atoms in total. The molecule has 1 amide bonds. The highest BCUT2D eigenvalue weighted by Gasteiger charge is 2.38. The van der Waals surface area contributed by atoms with Gasteiger partial charge in [0.15, 0.2) is 0 Å². The normalized spacial score (nSPS) is 15.7. The molecular weight excluding hydrogens is 419 g/mol. The molecule has 0 unspecified atom stereocenters. The van der Waals surface area contributed by atoms with E-state index in [0.717, 1.165) is 35.1 Å². The molecule has 1 saturated carbocycles. The van der Waals surface area contributed by atoms with Gasteiger partial charge in [-0.05, 0) is 37.3 Å². The summed E-state index contributed by atoms with van der Waals surface area (Å²) in [6, 6.07) is 1.87. The van der Waals surface area contributed by atoms with Crippen molar-refractivity contribution < 1.29 is 37.1 Å². The molecule has 1 fully saturated rings. The number of carbonyl (C=O) groups is 2. The molecule has 4 rings (SSSR count). The van der Waals surface area contributed by atoms with Crippen LogP contribution in [0.4, 0.5) is 13.2 Å². The second-order valence-electron chi connectivity index (χ2n) is 7.52. The molecule has 1 N–H and O–H groups in total. The lowest BCUT2D eigenvalue weighted by molar-refractivity contribution is -0.192. The number of hydrogen-bond acceptors (Lipinski definition) is 6. The van der Waals surface area contributed by atoms with Crippen LogP contribution in [0.25, 0.3) is 0 Å². The van der Waals surface area contributed by atoms with E-state index in [-0.39, 0.29) is 5.91 Å². The van der Waals surface area contributed by atoms with Gasteiger partial charge in [0.2, 0.25) is 0 Å². The summed E-state index contributed by atoms with van der Waals surface area (Å²) < 4.78 is 42.9. The van der Waals surface area contributed by atoms with Crippen LogP contribution < -0.4 is 0 Å². The number of carbonyl (C=O) groups excluding carboxylic acids is 1. The first kappa shape index (κ1) is 22.7. The van der Waals surface area contributed by atoms with Crippen molar-refractivity contribution in [3.8, 4) is 0 Å². The zero-order valence-corrected chi connectivity index (χ0v) is 16.8. The number of aliphatic carboxylic acids is 1. The fourth-order valence-corrected chi connectivity index (χ4v) is 3.01. The largest absolute Gasteiger partial charge is 0.490 e. The summed E-state index contributed by atoms with van der Waals surface area (Å²) in [5.74, 6) is -1.15. The van der Waals surface area contributed by atoms with Crippen molar-refractivity contribution in [2.24, 2.45) is 5.92 Å². The second-order valence-corrected chi connectivity index (χ2v) is 7.52. The van der Waals surface area contributed by atoms with Gasteiger partial charge in [0.05, 0.1) is 18.7 Å². The molecule has 0 saturated heterocycles. The van der Waals surface area contributed by atoms with E-state index in [1.54, 1.807) is 12.4 Å². The number of aromatic nitrogens is 2. The Labute approximate surface area is 176 Å². The van der Waals surface area contributed by atoms with Gasteiger partial charge in [0.25, 0.3) is 5.91 Å². The van der Waals surface area contributed by atoms with E-state index in [0.29, 0.717) is 31.7 Å². The summed E-state index contributed by atoms with van der Waals surface area (Å²) in [6.07, 6.45) is 1.52. The monoisotopic (exact) mass is 441 g/mol. The van der Waals surface area contributed by atoms with Crippen molar-refractivity contribution in [2.75, 3.05) is 13.2 Å². The highest BCUT2D eigenvalue weighted by Crippen LogP contribution is 2.30. The number of alkyl halides is 3. The van der Waals surface area contributed by atoms with E-state index in [4.69, 9.17) is 19.2 Å². The van der Waals surface area contributed by atoms with Crippen molar-refractivity contribution in [1.29, 1.82) is 0 Å². The summed E-state index contributed by atoms with van der Waals surface area (Å²) in [5.41, 5.74) is 3.44. The van der Waals surface area contributed by atoms with Crippen LogP contribution in [0.5, 0.6) is 0 Å². The second kappa shape index (κ2) is 9.46. The van der Waals surface area contributed by atoms with Crippen molar-refractivity contribution in [3.05, 3.63) is 46.6 Å². The number of carboxylic acid groups (broad SMARTS) is 1. The van der Waals surface area contributed by atoms with Crippen molar-refractivity contribution in [3.63, 3.8) is 0 Å². The van der Waals surface area contributed by atoms with Gasteiger partial charge >= 0.3 is 12.1 Å². The number of carboxylic acids is 1. The smallest absolute Gasteiger partial charge is 0.475 e. The molecule has 168 valence electrons. The zero-order chi connectivity index (χ0) is 22.6. The molecule has 0 radical (unpaired) electrons. The third-order valence-electron chi connectivity index (χ3n) is 4.85. The number of aryl methyl sites for hydroxylation is 1. The predicted octanol–water partition coefficient (Wildman–Crippen LogP) is 3.14. The van der Waals surface area contributed by atoms with Gasteiger partial charge < -0.3 is 19.3 Å². The Balaban J connectivity index is 0.000000339. The fourth-order valence-electron chi connectivity index (χ4n) is 3.01. The minimum atomic E-state index is -5.08. The van der Waals surface area contributed by atoms with Crippen molar-refractivity contribution in [1.82, 2.24) is 15.0 Å². The molecular formula is C20H22F3N3O5. The maximum absolute atomic E-state index is 12.7. The molecule has 0 spiro atoms.